The molecule has 1 aromatic heterocycles. The first kappa shape index (κ1) is 9.93. The maximum Gasteiger partial charge on any atom is 0.251 e. The third-order valence-electron chi connectivity index (χ3n) is 2.15. The second kappa shape index (κ2) is 3.87. The van der Waals surface area contributed by atoms with E-state index in [1.165, 1.54) is 12.4 Å². The first-order chi connectivity index (χ1) is 7.16. The van der Waals surface area contributed by atoms with E-state index >= 15 is 0 Å². The monoisotopic (exact) mass is 220 g/mol. The predicted octanol–water partition coefficient (Wildman–Crippen LogP) is 2.40. The van der Waals surface area contributed by atoms with E-state index in [1.807, 2.05) is 19.1 Å². The van der Waals surface area contributed by atoms with Crippen LogP contribution in [0, 0.1) is 6.92 Å². The minimum Gasteiger partial charge on any atom is -0.313 e. The Morgan fingerprint density at radius 1 is 1.33 bits per heavy atom. The number of aromatic amines is 1. The number of hydrogen-bond acceptors (Lipinski definition) is 2. The fourth-order valence-corrected chi connectivity index (χ4v) is 1.46. The Morgan fingerprint density at radius 3 is 2.80 bits per heavy atom. The molecule has 0 bridgehead atoms. The molecule has 0 saturated carbocycles. The predicted molar refractivity (Wildman–Crippen MR) is 60.0 cm³/mol. The maximum atomic E-state index is 11.1. The van der Waals surface area contributed by atoms with Gasteiger partial charge in [-0.15, -0.1) is 0 Å². The van der Waals surface area contributed by atoms with Crippen molar-refractivity contribution in [2.75, 3.05) is 0 Å². The molecule has 1 N–H and O–H groups in total. The quantitative estimate of drug-likeness (QED) is 0.802. The molecule has 0 aliphatic heterocycles. The second-order valence-corrected chi connectivity index (χ2v) is 3.67. The molecule has 2 rings (SSSR count). The Labute approximate surface area is 91.8 Å². The van der Waals surface area contributed by atoms with Gasteiger partial charge in [0, 0.05) is 16.7 Å². The van der Waals surface area contributed by atoms with Gasteiger partial charge in [-0.1, -0.05) is 23.7 Å². The molecule has 0 amide bonds. The lowest BCUT2D eigenvalue weighted by Crippen LogP contribution is -2.04. The molecule has 0 aliphatic carbocycles. The van der Waals surface area contributed by atoms with Crippen molar-refractivity contribution in [1.82, 2.24) is 9.97 Å². The molecule has 0 radical (unpaired) electrons. The molecule has 76 valence electrons. The summed E-state index contributed by atoms with van der Waals surface area (Å²) in [6.07, 6.45) is 1.38. The summed E-state index contributed by atoms with van der Waals surface area (Å²) in [5.74, 6) is 0. The van der Waals surface area contributed by atoms with E-state index in [0.717, 1.165) is 11.1 Å². The Bertz CT molecular complexity index is 548. The lowest BCUT2D eigenvalue weighted by atomic mass is 10.1. The number of nitrogens with zero attached hydrogens (tertiary/aromatic N) is 1. The van der Waals surface area contributed by atoms with Crippen LogP contribution in [0.4, 0.5) is 0 Å². The van der Waals surface area contributed by atoms with E-state index in [-0.39, 0.29) is 5.56 Å². The van der Waals surface area contributed by atoms with Gasteiger partial charge in [0.15, 0.2) is 0 Å². The summed E-state index contributed by atoms with van der Waals surface area (Å²) in [4.78, 5) is 17.6. The third kappa shape index (κ3) is 2.07. The van der Waals surface area contributed by atoms with E-state index in [1.54, 1.807) is 6.07 Å². The van der Waals surface area contributed by atoms with E-state index in [0.29, 0.717) is 10.7 Å². The summed E-state index contributed by atoms with van der Waals surface area (Å²) in [7, 11) is 0. The summed E-state index contributed by atoms with van der Waals surface area (Å²) < 4.78 is 0. The Balaban J connectivity index is 2.55. The molecule has 0 fully saturated rings. The van der Waals surface area contributed by atoms with Crippen molar-refractivity contribution in [3.63, 3.8) is 0 Å². The van der Waals surface area contributed by atoms with Crippen molar-refractivity contribution in [3.05, 3.63) is 51.5 Å². The number of hydrogen-bond donors (Lipinski definition) is 1. The molecule has 2 aromatic rings. The van der Waals surface area contributed by atoms with Crippen molar-refractivity contribution in [2.45, 2.75) is 6.92 Å². The second-order valence-electron chi connectivity index (χ2n) is 3.26. The van der Waals surface area contributed by atoms with Crippen LogP contribution in [-0.2, 0) is 0 Å². The summed E-state index contributed by atoms with van der Waals surface area (Å²) in [6.45, 7) is 1.93. The minimum absolute atomic E-state index is 0.170. The summed E-state index contributed by atoms with van der Waals surface area (Å²) >= 11 is 5.99. The fourth-order valence-electron chi connectivity index (χ4n) is 1.28. The van der Waals surface area contributed by atoms with Crippen LogP contribution in [0.1, 0.15) is 5.56 Å². The highest BCUT2D eigenvalue weighted by molar-refractivity contribution is 6.31. The summed E-state index contributed by atoms with van der Waals surface area (Å²) in [5, 5.41) is 0.676. The van der Waals surface area contributed by atoms with Crippen molar-refractivity contribution >= 4 is 11.6 Å². The van der Waals surface area contributed by atoms with E-state index in [4.69, 9.17) is 11.6 Å². The molecule has 0 spiro atoms. The van der Waals surface area contributed by atoms with Crippen molar-refractivity contribution < 1.29 is 0 Å². The lowest BCUT2D eigenvalue weighted by molar-refractivity contribution is 1.12. The topological polar surface area (TPSA) is 45.8 Å². The van der Waals surface area contributed by atoms with Crippen LogP contribution in [0.3, 0.4) is 0 Å². The zero-order chi connectivity index (χ0) is 10.8. The molecule has 0 aliphatic rings. The first-order valence-corrected chi connectivity index (χ1v) is 4.86. The Kier molecular flexibility index (Phi) is 2.56. The number of aryl methyl sites for hydroxylation is 1. The highest BCUT2D eigenvalue weighted by Gasteiger charge is 2.02. The molecule has 1 heterocycles. The standard InChI is InChI=1S/C11H9ClN2O/c1-7-2-3-8(4-9(7)12)10-5-11(15)14-6-13-10/h2-6H,1H3,(H,13,14,15). The average Bonchev–Trinajstić information content (AvgIpc) is 2.22. The first-order valence-electron chi connectivity index (χ1n) is 4.48. The SMILES string of the molecule is Cc1ccc(-c2cc(=O)[nH]cn2)cc1Cl. The zero-order valence-electron chi connectivity index (χ0n) is 8.12. The number of aromatic nitrogens is 2. The minimum atomic E-state index is -0.170. The van der Waals surface area contributed by atoms with Gasteiger partial charge >= 0.3 is 0 Å². The molecule has 3 nitrogen and oxygen atoms in total. The lowest BCUT2D eigenvalue weighted by Gasteiger charge is -2.02. The molecule has 0 saturated heterocycles. The number of nitrogens with one attached hydrogen (secondary N) is 1. The van der Waals surface area contributed by atoms with Gasteiger partial charge in [-0.05, 0) is 18.6 Å². The highest BCUT2D eigenvalue weighted by atomic mass is 35.5. The van der Waals surface area contributed by atoms with Crippen LogP contribution in [0.5, 0.6) is 0 Å². The van der Waals surface area contributed by atoms with Gasteiger partial charge in [0.2, 0.25) is 0 Å². The summed E-state index contributed by atoms with van der Waals surface area (Å²) in [6, 6.07) is 7.04. The zero-order valence-corrected chi connectivity index (χ0v) is 8.88. The van der Waals surface area contributed by atoms with E-state index in [9.17, 15) is 4.79 Å². The number of H-pyrrole nitrogens is 1. The van der Waals surface area contributed by atoms with E-state index < -0.39 is 0 Å². The van der Waals surface area contributed by atoms with Crippen LogP contribution in [-0.4, -0.2) is 9.97 Å². The summed E-state index contributed by atoms with van der Waals surface area (Å²) in [5.41, 5.74) is 2.30. The molecule has 0 atom stereocenters. The maximum absolute atomic E-state index is 11.1. The highest BCUT2D eigenvalue weighted by Crippen LogP contribution is 2.22. The largest absolute Gasteiger partial charge is 0.313 e. The van der Waals surface area contributed by atoms with Gasteiger partial charge in [-0.3, -0.25) is 4.79 Å². The Hall–Kier alpha value is -1.61. The number of rotatable bonds is 1. The van der Waals surface area contributed by atoms with Gasteiger partial charge in [0.1, 0.15) is 0 Å². The van der Waals surface area contributed by atoms with Crippen LogP contribution in [0.25, 0.3) is 11.3 Å². The molecule has 4 heteroatoms. The average molecular weight is 221 g/mol. The van der Waals surface area contributed by atoms with Crippen LogP contribution >= 0.6 is 11.6 Å². The van der Waals surface area contributed by atoms with Gasteiger partial charge in [-0.25, -0.2) is 4.98 Å². The van der Waals surface area contributed by atoms with Crippen LogP contribution in [0.2, 0.25) is 5.02 Å². The smallest absolute Gasteiger partial charge is 0.251 e. The van der Waals surface area contributed by atoms with Crippen molar-refractivity contribution in [2.24, 2.45) is 0 Å². The van der Waals surface area contributed by atoms with Crippen molar-refractivity contribution in [3.8, 4) is 11.3 Å². The molecular weight excluding hydrogens is 212 g/mol. The van der Waals surface area contributed by atoms with Gasteiger partial charge < -0.3 is 4.98 Å². The van der Waals surface area contributed by atoms with Crippen molar-refractivity contribution in [1.29, 1.82) is 0 Å². The van der Waals surface area contributed by atoms with Crippen LogP contribution < -0.4 is 5.56 Å². The Morgan fingerprint density at radius 2 is 2.13 bits per heavy atom. The molecule has 15 heavy (non-hydrogen) atoms. The van der Waals surface area contributed by atoms with Gasteiger partial charge in [-0.2, -0.15) is 0 Å². The van der Waals surface area contributed by atoms with Gasteiger partial charge in [0.05, 0.1) is 12.0 Å². The van der Waals surface area contributed by atoms with Crippen LogP contribution in [0.15, 0.2) is 35.4 Å². The van der Waals surface area contributed by atoms with Gasteiger partial charge in [0.25, 0.3) is 5.56 Å². The molecule has 0 unspecified atom stereocenters. The normalized spacial score (nSPS) is 10.3. The molecular formula is C11H9ClN2O. The molecule has 1 aromatic carbocycles. The number of halogens is 1. The third-order valence-corrected chi connectivity index (χ3v) is 2.55. The van der Waals surface area contributed by atoms with E-state index in [2.05, 4.69) is 9.97 Å². The fraction of sp³-hybridized carbons (Fsp3) is 0.0909. The number of benzene rings is 1.